The third-order valence-electron chi connectivity index (χ3n) is 2.62. The van der Waals surface area contributed by atoms with Gasteiger partial charge in [0, 0.05) is 5.56 Å². The van der Waals surface area contributed by atoms with Gasteiger partial charge in [0.1, 0.15) is 5.82 Å². The van der Waals surface area contributed by atoms with E-state index in [2.05, 4.69) is 10.3 Å². The van der Waals surface area contributed by atoms with Gasteiger partial charge in [0.05, 0.1) is 6.42 Å². The Morgan fingerprint density at radius 3 is 2.57 bits per heavy atom. The van der Waals surface area contributed by atoms with Crippen molar-refractivity contribution in [2.45, 2.75) is 6.42 Å². The lowest BCUT2D eigenvalue weighted by Gasteiger charge is -2.06. The van der Waals surface area contributed by atoms with Crippen LogP contribution in [0.4, 0.5) is 14.6 Å². The molecule has 2 aromatic rings. The van der Waals surface area contributed by atoms with E-state index >= 15 is 0 Å². The molecule has 1 amide bonds. The zero-order valence-electron chi connectivity index (χ0n) is 10.6. The van der Waals surface area contributed by atoms with Crippen LogP contribution in [0.2, 0.25) is 0 Å². The summed E-state index contributed by atoms with van der Waals surface area (Å²) in [6, 6.07) is 7.61. The molecule has 108 valence electrons. The average molecular weight is 292 g/mol. The quantitative estimate of drug-likeness (QED) is 0.905. The molecule has 0 aliphatic heterocycles. The van der Waals surface area contributed by atoms with Crippen molar-refractivity contribution < 1.29 is 23.5 Å². The molecule has 0 radical (unpaired) electrons. The van der Waals surface area contributed by atoms with Crippen molar-refractivity contribution in [3.63, 3.8) is 0 Å². The summed E-state index contributed by atoms with van der Waals surface area (Å²) in [4.78, 5) is 26.2. The maximum absolute atomic E-state index is 13.4. The minimum atomic E-state index is -1.23. The van der Waals surface area contributed by atoms with E-state index in [1.54, 1.807) is 0 Å². The minimum absolute atomic E-state index is 0.0247. The number of carbonyl (C=O) groups is 2. The predicted octanol–water partition coefficient (Wildman–Crippen LogP) is 2.24. The number of hydrogen-bond acceptors (Lipinski definition) is 3. The first-order valence-electron chi connectivity index (χ1n) is 5.90. The van der Waals surface area contributed by atoms with Crippen LogP contribution in [-0.4, -0.2) is 22.0 Å². The van der Waals surface area contributed by atoms with Gasteiger partial charge < -0.3 is 10.4 Å². The first kappa shape index (κ1) is 14.6. The number of amides is 1. The fourth-order valence-corrected chi connectivity index (χ4v) is 1.67. The maximum atomic E-state index is 13.4. The number of anilines is 1. The van der Waals surface area contributed by atoms with Gasteiger partial charge in [0.2, 0.25) is 5.91 Å². The van der Waals surface area contributed by atoms with Gasteiger partial charge in [-0.2, -0.15) is 0 Å². The van der Waals surface area contributed by atoms with Crippen LogP contribution in [0.15, 0.2) is 36.4 Å². The third kappa shape index (κ3) is 3.59. The average Bonchev–Trinajstić information content (AvgIpc) is 2.44. The Labute approximate surface area is 118 Å². The van der Waals surface area contributed by atoms with Gasteiger partial charge in [0.25, 0.3) is 0 Å². The van der Waals surface area contributed by atoms with Crippen molar-refractivity contribution in [2.75, 3.05) is 5.32 Å². The van der Waals surface area contributed by atoms with Crippen LogP contribution in [0.1, 0.15) is 16.1 Å². The molecule has 0 atom stereocenters. The molecule has 0 saturated carbocycles. The van der Waals surface area contributed by atoms with E-state index in [1.165, 1.54) is 30.3 Å². The summed E-state index contributed by atoms with van der Waals surface area (Å²) in [5.41, 5.74) is -0.327. The minimum Gasteiger partial charge on any atom is -0.477 e. The highest BCUT2D eigenvalue weighted by molar-refractivity contribution is 5.92. The van der Waals surface area contributed by atoms with Crippen molar-refractivity contribution in [3.05, 3.63) is 59.3 Å². The lowest BCUT2D eigenvalue weighted by atomic mass is 10.1. The number of halogens is 2. The number of nitrogens with one attached hydrogen (secondary N) is 1. The van der Waals surface area contributed by atoms with Crippen LogP contribution in [0.25, 0.3) is 0 Å². The second kappa shape index (κ2) is 6.08. The maximum Gasteiger partial charge on any atom is 0.354 e. The molecule has 1 aromatic carbocycles. The number of aromatic nitrogens is 1. The van der Waals surface area contributed by atoms with E-state index in [-0.39, 0.29) is 23.5 Å². The summed E-state index contributed by atoms with van der Waals surface area (Å²) in [6.07, 6.45) is -0.386. The van der Waals surface area contributed by atoms with E-state index in [0.717, 1.165) is 6.07 Å². The Morgan fingerprint density at radius 2 is 1.86 bits per heavy atom. The molecule has 0 saturated heterocycles. The molecule has 0 spiro atoms. The summed E-state index contributed by atoms with van der Waals surface area (Å²) in [6.45, 7) is 0. The summed E-state index contributed by atoms with van der Waals surface area (Å²) in [7, 11) is 0. The topological polar surface area (TPSA) is 79.3 Å². The summed E-state index contributed by atoms with van der Waals surface area (Å²) >= 11 is 0. The largest absolute Gasteiger partial charge is 0.477 e. The van der Waals surface area contributed by atoms with Crippen LogP contribution in [0.3, 0.4) is 0 Å². The number of nitrogens with zero attached hydrogens (tertiary/aromatic N) is 1. The lowest BCUT2D eigenvalue weighted by Crippen LogP contribution is -2.17. The molecular weight excluding hydrogens is 282 g/mol. The zero-order valence-corrected chi connectivity index (χ0v) is 10.6. The van der Waals surface area contributed by atoms with Crippen molar-refractivity contribution >= 4 is 17.7 Å². The Balaban J connectivity index is 2.10. The van der Waals surface area contributed by atoms with Gasteiger partial charge in [-0.3, -0.25) is 4.79 Å². The molecule has 1 heterocycles. The molecule has 0 bridgehead atoms. The first-order chi connectivity index (χ1) is 9.97. The van der Waals surface area contributed by atoms with Gasteiger partial charge in [-0.25, -0.2) is 18.6 Å². The molecule has 5 nitrogen and oxygen atoms in total. The van der Waals surface area contributed by atoms with Crippen molar-refractivity contribution in [3.8, 4) is 0 Å². The van der Waals surface area contributed by atoms with Crippen LogP contribution >= 0.6 is 0 Å². The molecule has 0 fully saturated rings. The molecule has 21 heavy (non-hydrogen) atoms. The number of pyridine rings is 1. The van der Waals surface area contributed by atoms with Crippen molar-refractivity contribution in [1.29, 1.82) is 0 Å². The molecule has 7 heteroatoms. The van der Waals surface area contributed by atoms with Gasteiger partial charge in [-0.1, -0.05) is 18.2 Å². The van der Waals surface area contributed by atoms with Gasteiger partial charge in [0.15, 0.2) is 17.3 Å². The standard InChI is InChI=1S/C14H10F2N2O3/c15-9-4-1-3-8(13(9)16)7-12(19)18-11-6-2-5-10(17-11)14(20)21/h1-6H,7H2,(H,20,21)(H,17,18,19). The van der Waals surface area contributed by atoms with Gasteiger partial charge in [-0.15, -0.1) is 0 Å². The van der Waals surface area contributed by atoms with E-state index in [4.69, 9.17) is 5.11 Å². The molecule has 0 unspecified atom stereocenters. The van der Waals surface area contributed by atoms with Crippen molar-refractivity contribution in [1.82, 2.24) is 4.98 Å². The summed E-state index contributed by atoms with van der Waals surface area (Å²) in [5.74, 6) is -3.96. The van der Waals surface area contributed by atoms with E-state index in [0.29, 0.717) is 0 Å². The van der Waals surface area contributed by atoms with Gasteiger partial charge >= 0.3 is 5.97 Å². The van der Waals surface area contributed by atoms with E-state index < -0.39 is 23.5 Å². The van der Waals surface area contributed by atoms with Crippen LogP contribution in [0, 0.1) is 11.6 Å². The molecule has 0 aliphatic rings. The van der Waals surface area contributed by atoms with Crippen LogP contribution in [0.5, 0.6) is 0 Å². The molecule has 2 rings (SSSR count). The highest BCUT2D eigenvalue weighted by Crippen LogP contribution is 2.13. The lowest BCUT2D eigenvalue weighted by molar-refractivity contribution is -0.115. The molecule has 2 N–H and O–H groups in total. The summed E-state index contributed by atoms with van der Waals surface area (Å²) < 4.78 is 26.4. The van der Waals surface area contributed by atoms with E-state index in [1.807, 2.05) is 0 Å². The van der Waals surface area contributed by atoms with Crippen LogP contribution < -0.4 is 5.32 Å². The van der Waals surface area contributed by atoms with E-state index in [9.17, 15) is 18.4 Å². The summed E-state index contributed by atoms with van der Waals surface area (Å²) in [5, 5.41) is 11.1. The molecule has 1 aromatic heterocycles. The number of carboxylic acids is 1. The Morgan fingerprint density at radius 1 is 1.14 bits per heavy atom. The van der Waals surface area contributed by atoms with Crippen LogP contribution in [-0.2, 0) is 11.2 Å². The Kier molecular flexibility index (Phi) is 4.22. The Bertz CT molecular complexity index is 704. The number of carboxylic acid groups (broad SMARTS) is 1. The van der Waals surface area contributed by atoms with Gasteiger partial charge in [-0.05, 0) is 18.2 Å². The highest BCUT2D eigenvalue weighted by Gasteiger charge is 2.13. The fourth-order valence-electron chi connectivity index (χ4n) is 1.67. The molecular formula is C14H10F2N2O3. The monoisotopic (exact) mass is 292 g/mol. The third-order valence-corrected chi connectivity index (χ3v) is 2.62. The number of hydrogen-bond donors (Lipinski definition) is 2. The smallest absolute Gasteiger partial charge is 0.354 e. The SMILES string of the molecule is O=C(Cc1cccc(F)c1F)Nc1cccc(C(=O)O)n1. The fraction of sp³-hybridized carbons (Fsp3) is 0.0714. The highest BCUT2D eigenvalue weighted by atomic mass is 19.2. The number of aromatic carboxylic acids is 1. The van der Waals surface area contributed by atoms with Crippen molar-refractivity contribution in [2.24, 2.45) is 0 Å². The zero-order chi connectivity index (χ0) is 15.4. The number of benzene rings is 1. The predicted molar refractivity (Wildman–Crippen MR) is 69.9 cm³/mol. The second-order valence-electron chi connectivity index (χ2n) is 4.15. The Hall–Kier alpha value is -2.83. The molecule has 0 aliphatic carbocycles. The second-order valence-corrected chi connectivity index (χ2v) is 4.15. The number of rotatable bonds is 4. The normalized spacial score (nSPS) is 10.2. The first-order valence-corrected chi connectivity index (χ1v) is 5.90. The number of carbonyl (C=O) groups excluding carboxylic acids is 1.